The molecule has 0 saturated heterocycles. The van der Waals surface area contributed by atoms with E-state index in [2.05, 4.69) is 152 Å². The molecule has 1 aromatic heterocycles. The van der Waals surface area contributed by atoms with Crippen LogP contribution >= 0.6 is 0 Å². The average molecular weight is 617 g/mol. The van der Waals surface area contributed by atoms with Crippen LogP contribution in [0.3, 0.4) is 0 Å². The molecule has 2 heteroatoms. The predicted molar refractivity (Wildman–Crippen MR) is 199 cm³/mol. The Morgan fingerprint density at radius 2 is 0.896 bits per heavy atom. The van der Waals surface area contributed by atoms with Gasteiger partial charge >= 0.3 is 0 Å². The molecule has 48 heavy (non-hydrogen) atoms. The molecule has 0 aliphatic heterocycles. The normalized spacial score (nSPS) is 14.4. The number of hydrogen-bond acceptors (Lipinski definition) is 2. The summed E-state index contributed by atoms with van der Waals surface area (Å²) in [6.07, 6.45) is 6.35. The topological polar surface area (TPSA) is 25.8 Å². The second kappa shape index (κ2) is 11.9. The Hall–Kier alpha value is -5.60. The first kappa shape index (κ1) is 28.6. The molecule has 0 atom stereocenters. The highest BCUT2D eigenvalue weighted by Gasteiger charge is 2.43. The molecule has 1 spiro atoms. The van der Waals surface area contributed by atoms with Crippen molar-refractivity contribution in [3.63, 3.8) is 0 Å². The smallest absolute Gasteiger partial charge is 0.160 e. The number of rotatable bonds is 5. The summed E-state index contributed by atoms with van der Waals surface area (Å²) in [5, 5.41) is 0. The molecule has 0 N–H and O–H groups in total. The SMILES string of the molecule is c1ccc(-c2ccc(-c3cc(-c4ccccc4-c4ccc5c(c4)C4(CCCCC4)c4ccccc4-5)nc(-c4ccccc4)n3)cc2)cc1. The first-order valence-corrected chi connectivity index (χ1v) is 17.2. The lowest BCUT2D eigenvalue weighted by Crippen LogP contribution is -2.28. The molecule has 1 saturated carbocycles. The molecule has 0 radical (unpaired) electrons. The quantitative estimate of drug-likeness (QED) is 0.192. The van der Waals surface area contributed by atoms with Crippen LogP contribution in [0.15, 0.2) is 158 Å². The molecule has 2 nitrogen and oxygen atoms in total. The minimum Gasteiger partial charge on any atom is -0.228 e. The molecule has 7 aromatic rings. The van der Waals surface area contributed by atoms with Gasteiger partial charge in [-0.3, -0.25) is 0 Å². The Morgan fingerprint density at radius 3 is 1.65 bits per heavy atom. The van der Waals surface area contributed by atoms with Crippen LogP contribution in [0.25, 0.3) is 67.3 Å². The number of fused-ring (bicyclic) bond motifs is 5. The zero-order valence-corrected chi connectivity index (χ0v) is 26.9. The fourth-order valence-corrected chi connectivity index (χ4v) is 8.19. The van der Waals surface area contributed by atoms with Crippen molar-refractivity contribution >= 4 is 0 Å². The lowest BCUT2D eigenvalue weighted by Gasteiger charge is -2.36. The van der Waals surface area contributed by atoms with Gasteiger partial charge in [0.2, 0.25) is 0 Å². The monoisotopic (exact) mass is 616 g/mol. The maximum absolute atomic E-state index is 5.23. The van der Waals surface area contributed by atoms with E-state index in [4.69, 9.17) is 9.97 Å². The molecule has 2 aliphatic rings. The van der Waals surface area contributed by atoms with Gasteiger partial charge in [-0.2, -0.15) is 0 Å². The van der Waals surface area contributed by atoms with E-state index >= 15 is 0 Å². The Labute approximate surface area is 282 Å². The number of nitrogens with zero attached hydrogens (tertiary/aromatic N) is 2. The fraction of sp³-hybridized carbons (Fsp3) is 0.130. The maximum Gasteiger partial charge on any atom is 0.160 e. The van der Waals surface area contributed by atoms with Crippen molar-refractivity contribution in [1.82, 2.24) is 9.97 Å². The van der Waals surface area contributed by atoms with Gasteiger partial charge in [0.15, 0.2) is 5.82 Å². The van der Waals surface area contributed by atoms with E-state index in [1.165, 1.54) is 76.6 Å². The summed E-state index contributed by atoms with van der Waals surface area (Å²) in [6.45, 7) is 0. The van der Waals surface area contributed by atoms with Gasteiger partial charge in [0.25, 0.3) is 0 Å². The zero-order chi connectivity index (χ0) is 31.9. The van der Waals surface area contributed by atoms with Crippen molar-refractivity contribution in [2.45, 2.75) is 37.5 Å². The lowest BCUT2D eigenvalue weighted by atomic mass is 9.67. The third-order valence-electron chi connectivity index (χ3n) is 10.5. The van der Waals surface area contributed by atoms with Crippen molar-refractivity contribution in [2.24, 2.45) is 0 Å². The van der Waals surface area contributed by atoms with Gasteiger partial charge < -0.3 is 0 Å². The standard InChI is InChI=1S/C46H36N2/c1-4-14-32(15-5-1)33-22-24-34(25-23-33)43-31-44(48-45(47-43)35-16-6-2-7-17-35)40-20-9-8-18-37(40)36-26-27-39-38-19-10-11-21-41(38)46(42(39)30-36)28-12-3-13-29-46/h1-2,4-11,14-27,30-31H,3,12-13,28-29H2. The summed E-state index contributed by atoms with van der Waals surface area (Å²) in [7, 11) is 0. The van der Waals surface area contributed by atoms with Crippen LogP contribution in [-0.2, 0) is 5.41 Å². The molecule has 9 rings (SSSR count). The van der Waals surface area contributed by atoms with Gasteiger partial charge in [-0.1, -0.05) is 165 Å². The lowest BCUT2D eigenvalue weighted by molar-refractivity contribution is 0.353. The minimum atomic E-state index is 0.115. The third kappa shape index (κ3) is 4.88. The van der Waals surface area contributed by atoms with Crippen molar-refractivity contribution in [2.75, 3.05) is 0 Å². The fourth-order valence-electron chi connectivity index (χ4n) is 8.19. The molecule has 1 fully saturated rings. The van der Waals surface area contributed by atoms with E-state index in [1.807, 2.05) is 6.07 Å². The zero-order valence-electron chi connectivity index (χ0n) is 26.9. The Morgan fingerprint density at radius 1 is 0.354 bits per heavy atom. The van der Waals surface area contributed by atoms with Crippen LogP contribution in [0, 0.1) is 0 Å². The van der Waals surface area contributed by atoms with Gasteiger partial charge in [-0.15, -0.1) is 0 Å². The van der Waals surface area contributed by atoms with Crippen molar-refractivity contribution in [1.29, 1.82) is 0 Å². The second-order valence-electron chi connectivity index (χ2n) is 13.3. The van der Waals surface area contributed by atoms with E-state index in [0.717, 1.165) is 33.9 Å². The largest absolute Gasteiger partial charge is 0.228 e. The number of hydrogen-bond donors (Lipinski definition) is 0. The Kier molecular flexibility index (Phi) is 7.08. The summed E-state index contributed by atoms with van der Waals surface area (Å²) in [4.78, 5) is 10.3. The Balaban J connectivity index is 1.18. The molecule has 0 unspecified atom stereocenters. The van der Waals surface area contributed by atoms with E-state index in [9.17, 15) is 0 Å². The van der Waals surface area contributed by atoms with Crippen LogP contribution in [0.4, 0.5) is 0 Å². The summed E-state index contributed by atoms with van der Waals surface area (Å²) in [5.74, 6) is 0.732. The van der Waals surface area contributed by atoms with E-state index in [0.29, 0.717) is 0 Å². The summed E-state index contributed by atoms with van der Waals surface area (Å²) in [5.41, 5.74) is 15.9. The summed E-state index contributed by atoms with van der Waals surface area (Å²) >= 11 is 0. The van der Waals surface area contributed by atoms with Gasteiger partial charge in [0.1, 0.15) is 0 Å². The highest BCUT2D eigenvalue weighted by atomic mass is 14.9. The maximum atomic E-state index is 5.23. The molecule has 1 heterocycles. The molecular formula is C46H36N2. The average Bonchev–Trinajstić information content (AvgIpc) is 3.43. The minimum absolute atomic E-state index is 0.115. The van der Waals surface area contributed by atoms with Crippen molar-refractivity contribution < 1.29 is 0 Å². The van der Waals surface area contributed by atoms with Crippen LogP contribution in [-0.4, -0.2) is 9.97 Å². The molecule has 0 bridgehead atoms. The molecule has 0 amide bonds. The van der Waals surface area contributed by atoms with E-state index < -0.39 is 0 Å². The van der Waals surface area contributed by atoms with Crippen LogP contribution in [0.5, 0.6) is 0 Å². The van der Waals surface area contributed by atoms with Crippen LogP contribution in [0.1, 0.15) is 43.2 Å². The third-order valence-corrected chi connectivity index (χ3v) is 10.5. The first-order valence-electron chi connectivity index (χ1n) is 17.2. The van der Waals surface area contributed by atoms with Crippen LogP contribution in [0.2, 0.25) is 0 Å². The van der Waals surface area contributed by atoms with Gasteiger partial charge in [-0.05, 0) is 69.5 Å². The first-order chi connectivity index (χ1) is 23.8. The Bertz CT molecular complexity index is 2250. The summed E-state index contributed by atoms with van der Waals surface area (Å²) in [6, 6.07) is 56.8. The van der Waals surface area contributed by atoms with Gasteiger partial charge in [0.05, 0.1) is 11.4 Å². The highest BCUT2D eigenvalue weighted by molar-refractivity contribution is 5.88. The van der Waals surface area contributed by atoms with Gasteiger partial charge in [-0.25, -0.2) is 9.97 Å². The van der Waals surface area contributed by atoms with Crippen molar-refractivity contribution in [3.8, 4) is 67.3 Å². The molecule has 2 aliphatic carbocycles. The molecule has 230 valence electrons. The van der Waals surface area contributed by atoms with Gasteiger partial charge in [0, 0.05) is 22.1 Å². The summed E-state index contributed by atoms with van der Waals surface area (Å²) < 4.78 is 0. The van der Waals surface area contributed by atoms with Crippen molar-refractivity contribution in [3.05, 3.63) is 169 Å². The number of benzene rings is 6. The van der Waals surface area contributed by atoms with Crippen LogP contribution < -0.4 is 0 Å². The highest BCUT2D eigenvalue weighted by Crippen LogP contribution is 2.56. The second-order valence-corrected chi connectivity index (χ2v) is 13.3. The van der Waals surface area contributed by atoms with E-state index in [1.54, 1.807) is 0 Å². The van der Waals surface area contributed by atoms with E-state index in [-0.39, 0.29) is 5.41 Å². The molecule has 6 aromatic carbocycles. The number of aromatic nitrogens is 2. The molecular weight excluding hydrogens is 581 g/mol. The predicted octanol–water partition coefficient (Wildman–Crippen LogP) is 12.0.